The van der Waals surface area contributed by atoms with Crippen LogP contribution in [0.25, 0.3) is 0 Å². The number of carbonyl (C=O) groups excluding carboxylic acids is 1. The highest BCUT2D eigenvalue weighted by molar-refractivity contribution is 8.14. The van der Waals surface area contributed by atoms with Gasteiger partial charge in [-0.2, -0.15) is 4.99 Å². The van der Waals surface area contributed by atoms with Crippen molar-refractivity contribution in [2.24, 2.45) is 4.99 Å². The van der Waals surface area contributed by atoms with Crippen LogP contribution in [-0.2, 0) is 0 Å². The van der Waals surface area contributed by atoms with Crippen LogP contribution in [0, 0.1) is 0 Å². The van der Waals surface area contributed by atoms with E-state index in [0.717, 1.165) is 0 Å². The van der Waals surface area contributed by atoms with Gasteiger partial charge in [0.1, 0.15) is 5.84 Å². The summed E-state index contributed by atoms with van der Waals surface area (Å²) in [6.07, 6.45) is 3.30. The minimum atomic E-state index is -0.0553. The number of carbonyl (C=O) groups is 1. The second-order valence-electron chi connectivity index (χ2n) is 2.17. The van der Waals surface area contributed by atoms with Crippen LogP contribution in [0.1, 0.15) is 0 Å². The van der Waals surface area contributed by atoms with E-state index in [2.05, 4.69) is 20.3 Å². The molecular formula is C6H6N4OS. The van der Waals surface area contributed by atoms with Crippen LogP contribution in [0.3, 0.4) is 0 Å². The van der Waals surface area contributed by atoms with Gasteiger partial charge in [-0.3, -0.25) is 4.79 Å². The van der Waals surface area contributed by atoms with Crippen molar-refractivity contribution in [1.82, 2.24) is 15.3 Å². The molecule has 1 aromatic rings. The number of hydrogen-bond acceptors (Lipinski definition) is 4. The highest BCUT2D eigenvalue weighted by Crippen LogP contribution is 2.11. The summed E-state index contributed by atoms with van der Waals surface area (Å²) in [6.45, 7) is 0. The fraction of sp³-hybridized carbons (Fsp3) is 0.167. The summed E-state index contributed by atoms with van der Waals surface area (Å²) in [7, 11) is 0. The maximum Gasteiger partial charge on any atom is 0.284 e. The van der Waals surface area contributed by atoms with Crippen LogP contribution in [0.4, 0.5) is 10.7 Å². The maximum atomic E-state index is 10.7. The zero-order valence-electron chi connectivity index (χ0n) is 6.07. The first-order valence-corrected chi connectivity index (χ1v) is 4.34. The molecule has 0 saturated carbocycles. The Morgan fingerprint density at radius 1 is 1.67 bits per heavy atom. The Morgan fingerprint density at radius 3 is 3.17 bits per heavy atom. The molecule has 1 amide bonds. The van der Waals surface area contributed by atoms with Crippen LogP contribution >= 0.6 is 11.8 Å². The number of hydrogen-bond donors (Lipinski definition) is 2. The van der Waals surface area contributed by atoms with E-state index in [-0.39, 0.29) is 5.24 Å². The number of nitrogens with zero attached hydrogens (tertiary/aromatic N) is 2. The van der Waals surface area contributed by atoms with E-state index in [1.165, 1.54) is 11.8 Å². The van der Waals surface area contributed by atoms with Crippen molar-refractivity contribution < 1.29 is 4.79 Å². The van der Waals surface area contributed by atoms with Crippen molar-refractivity contribution in [2.45, 2.75) is 0 Å². The van der Waals surface area contributed by atoms with Crippen molar-refractivity contribution in [1.29, 1.82) is 0 Å². The van der Waals surface area contributed by atoms with E-state index >= 15 is 0 Å². The number of amidine groups is 1. The molecule has 12 heavy (non-hydrogen) atoms. The van der Waals surface area contributed by atoms with Gasteiger partial charge in [-0.15, -0.1) is 0 Å². The molecule has 2 N–H and O–H groups in total. The molecule has 0 atom stereocenters. The molecule has 0 unspecified atom stereocenters. The lowest BCUT2D eigenvalue weighted by Crippen LogP contribution is -2.19. The summed E-state index contributed by atoms with van der Waals surface area (Å²) in [5.74, 6) is 1.77. The Morgan fingerprint density at radius 2 is 2.58 bits per heavy atom. The molecule has 2 heterocycles. The van der Waals surface area contributed by atoms with Gasteiger partial charge in [0, 0.05) is 12.4 Å². The molecular weight excluding hydrogens is 176 g/mol. The highest BCUT2D eigenvalue weighted by Gasteiger charge is 2.16. The van der Waals surface area contributed by atoms with Crippen LogP contribution in [0.2, 0.25) is 0 Å². The minimum absolute atomic E-state index is 0.0553. The maximum absolute atomic E-state index is 10.7. The molecule has 1 aromatic heterocycles. The molecule has 0 spiro atoms. The molecule has 1 saturated heterocycles. The lowest BCUT2D eigenvalue weighted by Gasteiger charge is -1.90. The summed E-state index contributed by atoms with van der Waals surface area (Å²) >= 11 is 1.20. The number of amides is 1. The van der Waals surface area contributed by atoms with E-state index < -0.39 is 0 Å². The SMILES string of the molecule is O=C1NC(=Nc2ncc[nH]2)CS1. The molecule has 1 aliphatic heterocycles. The second kappa shape index (κ2) is 2.98. The molecule has 62 valence electrons. The lowest BCUT2D eigenvalue weighted by atomic mass is 10.7. The normalized spacial score (nSPS) is 20.0. The van der Waals surface area contributed by atoms with E-state index in [0.29, 0.717) is 17.5 Å². The van der Waals surface area contributed by atoms with Gasteiger partial charge in [-0.1, -0.05) is 11.8 Å². The van der Waals surface area contributed by atoms with Crippen molar-refractivity contribution in [3.05, 3.63) is 12.4 Å². The van der Waals surface area contributed by atoms with Crippen molar-refractivity contribution in [3.63, 3.8) is 0 Å². The topological polar surface area (TPSA) is 70.1 Å². The number of imidazole rings is 1. The Hall–Kier alpha value is -1.30. The fourth-order valence-corrected chi connectivity index (χ4v) is 1.42. The Labute approximate surface area is 72.7 Å². The Balaban J connectivity index is 2.15. The van der Waals surface area contributed by atoms with E-state index in [1.54, 1.807) is 12.4 Å². The van der Waals surface area contributed by atoms with Gasteiger partial charge in [0.15, 0.2) is 0 Å². The molecule has 0 bridgehead atoms. The molecule has 5 nitrogen and oxygen atoms in total. The molecule has 0 aliphatic carbocycles. The molecule has 2 rings (SSSR count). The Bertz CT molecular complexity index is 318. The molecule has 6 heteroatoms. The van der Waals surface area contributed by atoms with Crippen molar-refractivity contribution >= 4 is 28.8 Å². The number of rotatable bonds is 1. The molecule has 1 fully saturated rings. The van der Waals surface area contributed by atoms with Gasteiger partial charge in [0.05, 0.1) is 5.75 Å². The average Bonchev–Trinajstić information content (AvgIpc) is 2.63. The van der Waals surface area contributed by atoms with Gasteiger partial charge in [0.25, 0.3) is 5.24 Å². The van der Waals surface area contributed by atoms with Crippen molar-refractivity contribution in [3.8, 4) is 0 Å². The molecule has 0 radical (unpaired) electrons. The van der Waals surface area contributed by atoms with E-state index in [4.69, 9.17) is 0 Å². The summed E-state index contributed by atoms with van der Waals surface area (Å²) in [5, 5.41) is 2.55. The molecule has 0 aromatic carbocycles. The Kier molecular flexibility index (Phi) is 1.83. The van der Waals surface area contributed by atoms with Crippen molar-refractivity contribution in [2.75, 3.05) is 5.75 Å². The quantitative estimate of drug-likeness (QED) is 0.677. The zero-order valence-corrected chi connectivity index (χ0v) is 6.89. The lowest BCUT2D eigenvalue weighted by molar-refractivity contribution is 0.265. The zero-order chi connectivity index (χ0) is 8.39. The summed E-state index contributed by atoms with van der Waals surface area (Å²) < 4.78 is 0. The number of thioether (sulfide) groups is 1. The average molecular weight is 182 g/mol. The van der Waals surface area contributed by atoms with Crippen LogP contribution in [0.15, 0.2) is 17.4 Å². The third-order valence-corrected chi connectivity index (χ3v) is 2.09. The second-order valence-corrected chi connectivity index (χ2v) is 3.12. The first-order chi connectivity index (χ1) is 5.84. The smallest absolute Gasteiger partial charge is 0.284 e. The van der Waals surface area contributed by atoms with E-state index in [9.17, 15) is 4.79 Å². The summed E-state index contributed by atoms with van der Waals surface area (Å²) in [5.41, 5.74) is 0. The number of aromatic nitrogens is 2. The van der Waals surface area contributed by atoms with E-state index in [1.807, 2.05) is 0 Å². The van der Waals surface area contributed by atoms with Gasteiger partial charge >= 0.3 is 0 Å². The van der Waals surface area contributed by atoms with Crippen LogP contribution in [0.5, 0.6) is 0 Å². The van der Waals surface area contributed by atoms with Crippen LogP contribution < -0.4 is 5.32 Å². The van der Waals surface area contributed by atoms with Crippen LogP contribution in [-0.4, -0.2) is 26.8 Å². The first-order valence-electron chi connectivity index (χ1n) is 3.35. The minimum Gasteiger partial charge on any atom is -0.329 e. The third-order valence-electron chi connectivity index (χ3n) is 1.31. The number of nitrogens with one attached hydrogen (secondary N) is 2. The van der Waals surface area contributed by atoms with Gasteiger partial charge in [-0.25, -0.2) is 4.98 Å². The van der Waals surface area contributed by atoms with Gasteiger partial charge < -0.3 is 10.3 Å². The predicted molar refractivity (Wildman–Crippen MR) is 46.7 cm³/mol. The number of aliphatic imine (C=N–C) groups is 1. The first kappa shape index (κ1) is 7.35. The summed E-state index contributed by atoms with van der Waals surface area (Å²) in [6, 6.07) is 0. The number of H-pyrrole nitrogens is 1. The highest BCUT2D eigenvalue weighted by atomic mass is 32.2. The third kappa shape index (κ3) is 1.48. The molecule has 1 aliphatic rings. The number of aromatic amines is 1. The largest absolute Gasteiger partial charge is 0.329 e. The fourth-order valence-electron chi connectivity index (χ4n) is 0.830. The van der Waals surface area contributed by atoms with Gasteiger partial charge in [0.2, 0.25) is 5.95 Å². The monoisotopic (exact) mass is 182 g/mol. The predicted octanol–water partition coefficient (Wildman–Crippen LogP) is 0.896. The summed E-state index contributed by atoms with van der Waals surface area (Å²) in [4.78, 5) is 21.5. The van der Waals surface area contributed by atoms with Gasteiger partial charge in [-0.05, 0) is 0 Å². The standard InChI is InChI=1S/C6H6N4OS/c11-6-10-4(3-12-6)9-5-7-1-2-8-5/h1-2H,3H2,(H2,7,8,9,10,11).